The highest BCUT2D eigenvalue weighted by atomic mass is 16.5. The van der Waals surface area contributed by atoms with Crippen molar-refractivity contribution in [3.8, 4) is 5.69 Å². The third-order valence-electron chi connectivity index (χ3n) is 6.51. The van der Waals surface area contributed by atoms with Gasteiger partial charge < -0.3 is 19.7 Å². The number of hydrogen-bond acceptors (Lipinski definition) is 7. The Hall–Kier alpha value is -4.04. The number of nitrogens with one attached hydrogen (secondary N) is 1. The lowest BCUT2D eigenvalue weighted by molar-refractivity contribution is -0.0485. The number of ether oxygens (including phenoxy) is 1. The average molecular weight is 484 g/mol. The number of carbonyl (C=O) groups excluding carboxylic acids is 1. The zero-order valence-corrected chi connectivity index (χ0v) is 20.4. The number of imidazole rings is 1. The molecule has 4 aromatic rings. The molecule has 8 nitrogen and oxygen atoms in total. The van der Waals surface area contributed by atoms with E-state index in [0.717, 1.165) is 22.6 Å². The molecule has 36 heavy (non-hydrogen) atoms. The zero-order chi connectivity index (χ0) is 25.1. The smallest absolute Gasteiger partial charge is 0.338 e. The number of esters is 1. The van der Waals surface area contributed by atoms with Crippen molar-refractivity contribution >= 4 is 17.6 Å². The summed E-state index contributed by atoms with van der Waals surface area (Å²) in [6.07, 6.45) is 7.21. The van der Waals surface area contributed by atoms with Crippen LogP contribution in [0.5, 0.6) is 0 Å². The Morgan fingerprint density at radius 2 is 1.86 bits per heavy atom. The molecular weight excluding hydrogens is 454 g/mol. The lowest BCUT2D eigenvalue weighted by Gasteiger charge is -2.34. The summed E-state index contributed by atoms with van der Waals surface area (Å²) >= 11 is 0. The van der Waals surface area contributed by atoms with Crippen molar-refractivity contribution in [3.05, 3.63) is 95.8 Å². The molecule has 184 valence electrons. The quantitative estimate of drug-likeness (QED) is 0.372. The molecule has 8 heteroatoms. The molecule has 0 spiro atoms. The van der Waals surface area contributed by atoms with E-state index in [2.05, 4.69) is 26.3 Å². The molecule has 0 saturated heterocycles. The number of aryl methyl sites for hydroxylation is 2. The number of anilines is 2. The largest absolute Gasteiger partial charge is 0.459 e. The molecule has 2 heterocycles. The first-order chi connectivity index (χ1) is 17.4. The van der Waals surface area contributed by atoms with Crippen LogP contribution in [0.15, 0.2) is 73.3 Å². The second-order valence-electron chi connectivity index (χ2n) is 9.37. The van der Waals surface area contributed by atoms with E-state index in [4.69, 9.17) is 4.74 Å². The summed E-state index contributed by atoms with van der Waals surface area (Å²) in [7, 11) is 0. The Morgan fingerprint density at radius 1 is 1.08 bits per heavy atom. The van der Waals surface area contributed by atoms with Gasteiger partial charge in [0.25, 0.3) is 0 Å². The van der Waals surface area contributed by atoms with Gasteiger partial charge in [0.2, 0.25) is 5.95 Å². The van der Waals surface area contributed by atoms with E-state index < -0.39 is 5.60 Å². The number of aromatic nitrogens is 4. The normalized spacial score (nSPS) is 19.6. The van der Waals surface area contributed by atoms with Crippen LogP contribution in [-0.4, -0.2) is 36.7 Å². The summed E-state index contributed by atoms with van der Waals surface area (Å²) in [5, 5.41) is 14.6. The van der Waals surface area contributed by atoms with Crippen LogP contribution in [0.2, 0.25) is 0 Å². The van der Waals surface area contributed by atoms with Gasteiger partial charge in [-0.1, -0.05) is 18.2 Å². The number of carbonyl (C=O) groups is 1. The lowest BCUT2D eigenvalue weighted by Crippen LogP contribution is -2.35. The molecule has 5 rings (SSSR count). The molecule has 1 fully saturated rings. The summed E-state index contributed by atoms with van der Waals surface area (Å²) in [6, 6.07) is 16.9. The summed E-state index contributed by atoms with van der Waals surface area (Å²) in [5.41, 5.74) is 3.84. The third-order valence-corrected chi connectivity index (χ3v) is 6.51. The van der Waals surface area contributed by atoms with E-state index in [1.807, 2.05) is 61.0 Å². The second kappa shape index (κ2) is 9.91. The predicted molar refractivity (Wildman–Crippen MR) is 136 cm³/mol. The predicted octanol–water partition coefficient (Wildman–Crippen LogP) is 5.01. The average Bonchev–Trinajstić information content (AvgIpc) is 3.37. The van der Waals surface area contributed by atoms with Crippen molar-refractivity contribution < 1.29 is 14.6 Å². The number of benzene rings is 2. The van der Waals surface area contributed by atoms with Gasteiger partial charge in [0.1, 0.15) is 11.7 Å². The Labute approximate surface area is 210 Å². The Morgan fingerprint density at radius 3 is 2.61 bits per heavy atom. The Kier molecular flexibility index (Phi) is 6.52. The minimum Gasteiger partial charge on any atom is -0.459 e. The minimum absolute atomic E-state index is 0.214. The first-order valence-electron chi connectivity index (χ1n) is 12.1. The molecule has 0 bridgehead atoms. The number of rotatable bonds is 6. The highest BCUT2D eigenvalue weighted by Gasteiger charge is 2.38. The SMILES string of the molecule is Cc1cc(Nc2nccc(C)n2)cc(-n2cnc([C@]3(O)CC[C@@H](OC(=O)c4ccccc4)CC3)c2)c1. The van der Waals surface area contributed by atoms with Crippen LogP contribution in [0.4, 0.5) is 11.6 Å². The van der Waals surface area contributed by atoms with Gasteiger partial charge in [-0.05, 0) is 81.5 Å². The fourth-order valence-electron chi connectivity index (χ4n) is 4.56. The monoisotopic (exact) mass is 483 g/mol. The number of hydrogen-bond donors (Lipinski definition) is 2. The fraction of sp³-hybridized carbons (Fsp3) is 0.286. The molecule has 2 N–H and O–H groups in total. The molecule has 1 aliphatic carbocycles. The molecule has 2 aromatic carbocycles. The molecule has 2 aromatic heterocycles. The molecule has 0 atom stereocenters. The summed E-state index contributed by atoms with van der Waals surface area (Å²) in [5.74, 6) is 0.215. The maximum atomic E-state index is 12.4. The van der Waals surface area contributed by atoms with Gasteiger partial charge in [0.15, 0.2) is 0 Å². The summed E-state index contributed by atoms with van der Waals surface area (Å²) in [6.45, 7) is 3.95. The van der Waals surface area contributed by atoms with E-state index in [-0.39, 0.29) is 12.1 Å². The van der Waals surface area contributed by atoms with Crippen LogP contribution in [0.3, 0.4) is 0 Å². The Bertz CT molecular complexity index is 1360. The molecule has 0 aliphatic heterocycles. The second-order valence-corrected chi connectivity index (χ2v) is 9.37. The topological polar surface area (TPSA) is 102 Å². The van der Waals surface area contributed by atoms with Gasteiger partial charge in [-0.25, -0.2) is 19.7 Å². The van der Waals surface area contributed by atoms with Crippen molar-refractivity contribution in [2.45, 2.75) is 51.2 Å². The molecular formula is C28H29N5O3. The first kappa shape index (κ1) is 23.7. The zero-order valence-electron chi connectivity index (χ0n) is 20.4. The van der Waals surface area contributed by atoms with E-state index >= 15 is 0 Å². The van der Waals surface area contributed by atoms with E-state index in [0.29, 0.717) is 42.9 Å². The van der Waals surface area contributed by atoms with E-state index in [1.165, 1.54) is 0 Å². The highest BCUT2D eigenvalue weighted by Crippen LogP contribution is 2.38. The first-order valence-corrected chi connectivity index (χ1v) is 12.1. The molecule has 1 aliphatic rings. The van der Waals surface area contributed by atoms with Crippen LogP contribution in [0.25, 0.3) is 5.69 Å². The van der Waals surface area contributed by atoms with Crippen LogP contribution in [-0.2, 0) is 10.3 Å². The van der Waals surface area contributed by atoms with E-state index in [1.54, 1.807) is 24.7 Å². The van der Waals surface area contributed by atoms with Crippen LogP contribution < -0.4 is 5.32 Å². The molecule has 0 unspecified atom stereocenters. The summed E-state index contributed by atoms with van der Waals surface area (Å²) < 4.78 is 7.58. The molecule has 0 radical (unpaired) electrons. The van der Waals surface area contributed by atoms with Gasteiger partial charge in [-0.3, -0.25) is 0 Å². The number of aliphatic hydroxyl groups is 1. The number of nitrogens with zero attached hydrogens (tertiary/aromatic N) is 4. The van der Waals surface area contributed by atoms with Gasteiger partial charge in [0.05, 0.1) is 17.6 Å². The lowest BCUT2D eigenvalue weighted by atomic mass is 9.81. The van der Waals surface area contributed by atoms with Crippen molar-refractivity contribution in [1.29, 1.82) is 0 Å². The molecule has 1 saturated carbocycles. The van der Waals surface area contributed by atoms with Crippen molar-refractivity contribution in [1.82, 2.24) is 19.5 Å². The van der Waals surface area contributed by atoms with Crippen molar-refractivity contribution in [3.63, 3.8) is 0 Å². The van der Waals surface area contributed by atoms with Crippen molar-refractivity contribution in [2.24, 2.45) is 0 Å². The van der Waals surface area contributed by atoms with E-state index in [9.17, 15) is 9.90 Å². The van der Waals surface area contributed by atoms with Crippen molar-refractivity contribution in [2.75, 3.05) is 5.32 Å². The van der Waals surface area contributed by atoms with Crippen LogP contribution in [0.1, 0.15) is 53.0 Å². The fourth-order valence-corrected chi connectivity index (χ4v) is 4.56. The Balaban J connectivity index is 1.26. The van der Waals surface area contributed by atoms with Gasteiger partial charge in [-0.2, -0.15) is 0 Å². The van der Waals surface area contributed by atoms with Gasteiger partial charge in [0, 0.05) is 29.5 Å². The summed E-state index contributed by atoms with van der Waals surface area (Å²) in [4.78, 5) is 25.6. The maximum Gasteiger partial charge on any atom is 0.338 e. The minimum atomic E-state index is -1.05. The third kappa shape index (κ3) is 5.28. The highest BCUT2D eigenvalue weighted by molar-refractivity contribution is 5.89. The van der Waals surface area contributed by atoms with Crippen LogP contribution in [0, 0.1) is 13.8 Å². The van der Waals surface area contributed by atoms with Gasteiger partial charge >= 0.3 is 5.97 Å². The standard InChI is InChI=1S/C28H29N5O3/c1-19-14-22(32-27-29-13-10-20(2)31-27)16-23(15-19)33-17-25(30-18-33)28(35)11-8-24(9-12-28)36-26(34)21-6-4-3-5-7-21/h3-7,10,13-18,24,35H,8-9,11-12H2,1-2H3,(H,29,31,32)/t24-,28+. The van der Waals surface area contributed by atoms with Crippen LogP contribution >= 0.6 is 0 Å². The van der Waals surface area contributed by atoms with Gasteiger partial charge in [-0.15, -0.1) is 0 Å². The molecule has 0 amide bonds. The maximum absolute atomic E-state index is 12.4.